The first-order chi connectivity index (χ1) is 11.8. The number of rotatable bonds is 3. The van der Waals surface area contributed by atoms with Crippen LogP contribution in [0.1, 0.15) is 12.1 Å². The summed E-state index contributed by atoms with van der Waals surface area (Å²) in [5, 5.41) is 8.24. The number of nitrogens with one attached hydrogen (secondary N) is 1. The van der Waals surface area contributed by atoms with E-state index in [1.54, 1.807) is 0 Å². The van der Waals surface area contributed by atoms with Crippen LogP contribution < -0.4 is 5.32 Å². The number of likely N-dealkylation sites (N-methyl/N-ethyl adjacent to an activating group) is 1. The van der Waals surface area contributed by atoms with Gasteiger partial charge in [-0.2, -0.15) is 5.10 Å². The van der Waals surface area contributed by atoms with Gasteiger partial charge in [0.1, 0.15) is 5.69 Å². The van der Waals surface area contributed by atoms with Crippen molar-refractivity contribution >= 4 is 0 Å². The highest BCUT2D eigenvalue weighted by atomic mass is 16.5. The van der Waals surface area contributed by atoms with Gasteiger partial charge in [-0.3, -0.25) is 4.68 Å². The molecule has 0 spiro atoms. The minimum Gasteiger partial charge on any atom is -0.380 e. The summed E-state index contributed by atoms with van der Waals surface area (Å²) in [7, 11) is 2.16. The molecule has 0 aliphatic carbocycles. The standard InChI is InChI=1S/C17H26N6O/c1-21-7-8-24-13-14(11-21)12-22-6-4-19-17(22)16-9-15-10-18-3-2-5-23(15)20-16/h4,6,9,14,18H,2-3,5,7-8,10-13H2,1H3/t14-/m1/s1. The van der Waals surface area contributed by atoms with E-state index in [1.807, 2.05) is 6.20 Å². The number of aromatic nitrogens is 4. The summed E-state index contributed by atoms with van der Waals surface area (Å²) in [6, 6.07) is 2.17. The molecule has 0 unspecified atom stereocenters. The number of aryl methyl sites for hydroxylation is 1. The molecule has 0 amide bonds. The molecule has 0 bridgehead atoms. The van der Waals surface area contributed by atoms with E-state index in [4.69, 9.17) is 9.84 Å². The number of hydrogen-bond acceptors (Lipinski definition) is 5. The van der Waals surface area contributed by atoms with Crippen molar-refractivity contribution in [2.75, 3.05) is 39.9 Å². The highest BCUT2D eigenvalue weighted by Crippen LogP contribution is 2.20. The van der Waals surface area contributed by atoms with Gasteiger partial charge in [0.25, 0.3) is 0 Å². The van der Waals surface area contributed by atoms with Crippen molar-refractivity contribution in [2.45, 2.75) is 26.1 Å². The molecule has 7 nitrogen and oxygen atoms in total. The second-order valence-corrected chi connectivity index (χ2v) is 6.88. The lowest BCUT2D eigenvalue weighted by Crippen LogP contribution is -2.28. The molecule has 1 N–H and O–H groups in total. The number of hydrogen-bond donors (Lipinski definition) is 1. The van der Waals surface area contributed by atoms with Crippen LogP contribution in [-0.2, 0) is 24.4 Å². The quantitative estimate of drug-likeness (QED) is 0.903. The monoisotopic (exact) mass is 330 g/mol. The van der Waals surface area contributed by atoms with Gasteiger partial charge in [0.15, 0.2) is 5.82 Å². The molecule has 130 valence electrons. The predicted molar refractivity (Wildman–Crippen MR) is 91.6 cm³/mol. The third-order valence-corrected chi connectivity index (χ3v) is 4.83. The summed E-state index contributed by atoms with van der Waals surface area (Å²) in [5.41, 5.74) is 2.22. The fourth-order valence-corrected chi connectivity index (χ4v) is 3.60. The first kappa shape index (κ1) is 15.8. The van der Waals surface area contributed by atoms with Crippen LogP contribution in [0.2, 0.25) is 0 Å². The zero-order chi connectivity index (χ0) is 16.4. The van der Waals surface area contributed by atoms with E-state index in [2.05, 4.69) is 43.8 Å². The fraction of sp³-hybridized carbons (Fsp3) is 0.647. The van der Waals surface area contributed by atoms with E-state index in [0.29, 0.717) is 5.92 Å². The second-order valence-electron chi connectivity index (χ2n) is 6.88. The molecular weight excluding hydrogens is 304 g/mol. The molecule has 1 fully saturated rings. The fourth-order valence-electron chi connectivity index (χ4n) is 3.60. The third kappa shape index (κ3) is 3.38. The van der Waals surface area contributed by atoms with Gasteiger partial charge in [-0.15, -0.1) is 0 Å². The molecule has 2 aromatic rings. The van der Waals surface area contributed by atoms with Crippen LogP contribution in [0.25, 0.3) is 11.5 Å². The normalized spacial score (nSPS) is 22.8. The summed E-state index contributed by atoms with van der Waals surface area (Å²) < 4.78 is 10.1. The Morgan fingerprint density at radius 2 is 2.33 bits per heavy atom. The Morgan fingerprint density at radius 1 is 1.38 bits per heavy atom. The molecule has 4 rings (SSSR count). The van der Waals surface area contributed by atoms with Gasteiger partial charge in [0.05, 0.1) is 18.9 Å². The van der Waals surface area contributed by atoms with Crippen molar-refractivity contribution in [3.05, 3.63) is 24.2 Å². The Balaban J connectivity index is 1.54. The van der Waals surface area contributed by atoms with Gasteiger partial charge in [-0.1, -0.05) is 0 Å². The van der Waals surface area contributed by atoms with E-state index in [9.17, 15) is 0 Å². The highest BCUT2D eigenvalue weighted by Gasteiger charge is 2.20. The van der Waals surface area contributed by atoms with Crippen LogP contribution in [0, 0.1) is 5.92 Å². The molecule has 0 radical (unpaired) electrons. The maximum Gasteiger partial charge on any atom is 0.160 e. The Bertz CT molecular complexity index is 655. The maximum atomic E-state index is 5.75. The van der Waals surface area contributed by atoms with Crippen LogP contribution >= 0.6 is 0 Å². The zero-order valence-corrected chi connectivity index (χ0v) is 14.3. The van der Waals surface area contributed by atoms with Crippen molar-refractivity contribution in [1.82, 2.24) is 29.5 Å². The number of fused-ring (bicyclic) bond motifs is 1. The first-order valence-electron chi connectivity index (χ1n) is 8.85. The Kier molecular flexibility index (Phi) is 4.64. The topological polar surface area (TPSA) is 60.1 Å². The van der Waals surface area contributed by atoms with Crippen molar-refractivity contribution in [1.29, 1.82) is 0 Å². The van der Waals surface area contributed by atoms with E-state index in [-0.39, 0.29) is 0 Å². The molecule has 7 heteroatoms. The average Bonchev–Trinajstić information content (AvgIpc) is 3.05. The van der Waals surface area contributed by atoms with Crippen molar-refractivity contribution in [3.8, 4) is 11.5 Å². The summed E-state index contributed by atoms with van der Waals surface area (Å²) in [6.45, 7) is 7.54. The SMILES string of the molecule is CN1CCOC[C@@H](Cn2ccnc2-c2cc3n(n2)CCCNC3)C1. The Labute approximate surface area is 142 Å². The van der Waals surface area contributed by atoms with Crippen molar-refractivity contribution in [3.63, 3.8) is 0 Å². The number of nitrogens with zero attached hydrogens (tertiary/aromatic N) is 5. The lowest BCUT2D eigenvalue weighted by atomic mass is 10.1. The van der Waals surface area contributed by atoms with Gasteiger partial charge >= 0.3 is 0 Å². The largest absolute Gasteiger partial charge is 0.380 e. The lowest BCUT2D eigenvalue weighted by Gasteiger charge is -2.20. The molecular formula is C17H26N6O. The number of ether oxygens (including phenoxy) is 1. The predicted octanol–water partition coefficient (Wildman–Crippen LogP) is 0.818. The van der Waals surface area contributed by atoms with Gasteiger partial charge in [0, 0.05) is 51.0 Å². The van der Waals surface area contributed by atoms with Gasteiger partial charge in [-0.05, 0) is 26.1 Å². The lowest BCUT2D eigenvalue weighted by molar-refractivity contribution is 0.117. The van der Waals surface area contributed by atoms with Crippen molar-refractivity contribution < 1.29 is 4.74 Å². The molecule has 2 aliphatic rings. The minimum absolute atomic E-state index is 0.479. The van der Waals surface area contributed by atoms with Crippen LogP contribution in [-0.4, -0.2) is 64.1 Å². The van der Waals surface area contributed by atoms with E-state index in [1.165, 1.54) is 5.69 Å². The molecule has 2 aliphatic heterocycles. The summed E-state index contributed by atoms with van der Waals surface area (Å²) in [6.07, 6.45) is 5.05. The molecule has 24 heavy (non-hydrogen) atoms. The average molecular weight is 330 g/mol. The second kappa shape index (κ2) is 7.04. The molecule has 1 saturated heterocycles. The van der Waals surface area contributed by atoms with Gasteiger partial charge in [-0.25, -0.2) is 4.98 Å². The van der Waals surface area contributed by atoms with Crippen molar-refractivity contribution in [2.24, 2.45) is 5.92 Å². The molecule has 1 atom stereocenters. The summed E-state index contributed by atoms with van der Waals surface area (Å²) >= 11 is 0. The number of imidazole rings is 1. The first-order valence-corrected chi connectivity index (χ1v) is 8.85. The Hall–Kier alpha value is -1.70. The van der Waals surface area contributed by atoms with Crippen LogP contribution in [0.15, 0.2) is 18.5 Å². The molecule has 0 aromatic carbocycles. The van der Waals surface area contributed by atoms with Crippen LogP contribution in [0.4, 0.5) is 0 Å². The minimum atomic E-state index is 0.479. The van der Waals surface area contributed by atoms with E-state index in [0.717, 1.165) is 70.4 Å². The van der Waals surface area contributed by atoms with Gasteiger partial charge in [0.2, 0.25) is 0 Å². The molecule has 2 aromatic heterocycles. The van der Waals surface area contributed by atoms with Gasteiger partial charge < -0.3 is 19.5 Å². The Morgan fingerprint density at radius 3 is 3.29 bits per heavy atom. The zero-order valence-electron chi connectivity index (χ0n) is 14.3. The summed E-state index contributed by atoms with van der Waals surface area (Å²) in [5.74, 6) is 1.44. The van der Waals surface area contributed by atoms with E-state index < -0.39 is 0 Å². The molecule has 0 saturated carbocycles. The summed E-state index contributed by atoms with van der Waals surface area (Å²) in [4.78, 5) is 6.92. The maximum absolute atomic E-state index is 5.75. The van der Waals surface area contributed by atoms with E-state index >= 15 is 0 Å². The molecule has 4 heterocycles. The highest BCUT2D eigenvalue weighted by molar-refractivity contribution is 5.50. The van der Waals surface area contributed by atoms with Crippen LogP contribution in [0.3, 0.4) is 0 Å². The van der Waals surface area contributed by atoms with Crippen LogP contribution in [0.5, 0.6) is 0 Å². The smallest absolute Gasteiger partial charge is 0.160 e. The third-order valence-electron chi connectivity index (χ3n) is 4.83.